The van der Waals surface area contributed by atoms with Crippen LogP contribution in [-0.4, -0.2) is 16.7 Å². The second-order valence-electron chi connectivity index (χ2n) is 9.62. The number of carboxylic acids is 1. The standard InChI is InChI=1S/C28H27F3O4/c1-17(26(32)33)11-18-7-9-24(10-8-18)34-16-22-13-20(12-21-15-27(2,3)35-25(21)22)19-5-4-6-23(14-19)28(29,30)31/h4-10,12-14,17H,11,15-16H2,1-3H3,(H,32,33). The van der Waals surface area contributed by atoms with Crippen LogP contribution in [0.1, 0.15) is 43.0 Å². The van der Waals surface area contributed by atoms with Crippen molar-refractivity contribution in [2.24, 2.45) is 5.92 Å². The lowest BCUT2D eigenvalue weighted by molar-refractivity contribution is -0.141. The number of hydrogen-bond acceptors (Lipinski definition) is 3. The first-order chi connectivity index (χ1) is 16.4. The average Bonchev–Trinajstić information content (AvgIpc) is 3.11. The Labute approximate surface area is 202 Å². The Balaban J connectivity index is 1.59. The first kappa shape index (κ1) is 24.6. The van der Waals surface area contributed by atoms with Crippen molar-refractivity contribution in [3.8, 4) is 22.6 Å². The smallest absolute Gasteiger partial charge is 0.416 e. The highest BCUT2D eigenvalue weighted by molar-refractivity contribution is 5.70. The molecule has 0 radical (unpaired) electrons. The maximum atomic E-state index is 13.3. The highest BCUT2D eigenvalue weighted by Crippen LogP contribution is 2.42. The largest absolute Gasteiger partial charge is 0.489 e. The van der Waals surface area contributed by atoms with Gasteiger partial charge in [0.15, 0.2) is 0 Å². The molecule has 184 valence electrons. The normalized spacial score (nSPS) is 15.3. The molecule has 0 saturated heterocycles. The fourth-order valence-electron chi connectivity index (χ4n) is 4.26. The Morgan fingerprint density at radius 3 is 2.46 bits per heavy atom. The van der Waals surface area contributed by atoms with E-state index in [-0.39, 0.29) is 6.61 Å². The second-order valence-corrected chi connectivity index (χ2v) is 9.62. The Hall–Kier alpha value is -3.48. The number of halogens is 3. The molecule has 0 fully saturated rings. The Morgan fingerprint density at radius 2 is 1.80 bits per heavy atom. The van der Waals surface area contributed by atoms with Gasteiger partial charge in [0.2, 0.25) is 0 Å². The van der Waals surface area contributed by atoms with E-state index in [0.717, 1.165) is 28.8 Å². The van der Waals surface area contributed by atoms with Crippen molar-refractivity contribution in [2.75, 3.05) is 0 Å². The van der Waals surface area contributed by atoms with E-state index in [1.54, 1.807) is 25.1 Å². The molecule has 0 saturated carbocycles. The van der Waals surface area contributed by atoms with Crippen molar-refractivity contribution < 1.29 is 32.5 Å². The summed E-state index contributed by atoms with van der Waals surface area (Å²) in [5.41, 5.74) is 2.61. The second kappa shape index (κ2) is 9.29. The van der Waals surface area contributed by atoms with E-state index in [0.29, 0.717) is 35.5 Å². The van der Waals surface area contributed by atoms with Crippen molar-refractivity contribution in [3.05, 3.63) is 82.9 Å². The summed E-state index contributed by atoms with van der Waals surface area (Å²) < 4.78 is 51.9. The maximum absolute atomic E-state index is 13.3. The zero-order chi connectivity index (χ0) is 25.4. The quantitative estimate of drug-likeness (QED) is 0.395. The summed E-state index contributed by atoms with van der Waals surface area (Å²) in [4.78, 5) is 11.1. The Morgan fingerprint density at radius 1 is 1.09 bits per heavy atom. The summed E-state index contributed by atoms with van der Waals surface area (Å²) in [6.45, 7) is 5.78. The minimum Gasteiger partial charge on any atom is -0.489 e. The van der Waals surface area contributed by atoms with Crippen LogP contribution in [-0.2, 0) is 30.4 Å². The molecule has 3 aromatic carbocycles. The van der Waals surface area contributed by atoms with Gasteiger partial charge in [-0.3, -0.25) is 4.79 Å². The van der Waals surface area contributed by atoms with Gasteiger partial charge < -0.3 is 14.6 Å². The molecule has 1 aliphatic rings. The summed E-state index contributed by atoms with van der Waals surface area (Å²) in [5, 5.41) is 9.09. The number of ether oxygens (including phenoxy) is 2. The molecule has 0 aliphatic carbocycles. The number of fused-ring (bicyclic) bond motifs is 1. The first-order valence-corrected chi connectivity index (χ1v) is 11.4. The van der Waals surface area contributed by atoms with Crippen LogP contribution in [0, 0.1) is 5.92 Å². The van der Waals surface area contributed by atoms with Crippen molar-refractivity contribution in [1.29, 1.82) is 0 Å². The SMILES string of the molecule is CC(Cc1ccc(OCc2cc(-c3cccc(C(F)(F)F)c3)cc3c2OC(C)(C)C3)cc1)C(=O)O. The predicted molar refractivity (Wildman–Crippen MR) is 127 cm³/mol. The molecule has 4 nitrogen and oxygen atoms in total. The Bertz CT molecular complexity index is 1230. The van der Waals surface area contributed by atoms with Gasteiger partial charge in [0.25, 0.3) is 0 Å². The third-order valence-electron chi connectivity index (χ3n) is 6.04. The summed E-state index contributed by atoms with van der Waals surface area (Å²) in [6.07, 6.45) is -3.36. The van der Waals surface area contributed by atoms with Crippen LogP contribution in [0.25, 0.3) is 11.1 Å². The minimum absolute atomic E-state index is 0.177. The molecule has 35 heavy (non-hydrogen) atoms. The first-order valence-electron chi connectivity index (χ1n) is 11.4. The van der Waals surface area contributed by atoms with Crippen LogP contribution in [0.2, 0.25) is 0 Å². The number of hydrogen-bond donors (Lipinski definition) is 1. The molecular weight excluding hydrogens is 457 g/mol. The van der Waals surface area contributed by atoms with Crippen molar-refractivity contribution in [3.63, 3.8) is 0 Å². The lowest BCUT2D eigenvalue weighted by Crippen LogP contribution is -2.25. The third kappa shape index (κ3) is 5.78. The van der Waals surface area contributed by atoms with Crippen LogP contribution in [0.15, 0.2) is 60.7 Å². The molecule has 1 N–H and O–H groups in total. The number of carbonyl (C=O) groups is 1. The number of aliphatic carboxylic acids is 1. The van der Waals surface area contributed by atoms with E-state index in [4.69, 9.17) is 14.6 Å². The summed E-state index contributed by atoms with van der Waals surface area (Å²) in [7, 11) is 0. The molecule has 1 atom stereocenters. The van der Waals surface area contributed by atoms with E-state index in [9.17, 15) is 18.0 Å². The fourth-order valence-corrected chi connectivity index (χ4v) is 4.26. The molecule has 0 amide bonds. The van der Waals surface area contributed by atoms with E-state index in [1.807, 2.05) is 38.1 Å². The highest BCUT2D eigenvalue weighted by Gasteiger charge is 2.33. The Kier molecular flexibility index (Phi) is 6.54. The molecule has 3 aromatic rings. The van der Waals surface area contributed by atoms with Gasteiger partial charge in [-0.1, -0.05) is 31.2 Å². The molecule has 0 spiro atoms. The van der Waals surface area contributed by atoms with Crippen LogP contribution in [0.5, 0.6) is 11.5 Å². The van der Waals surface area contributed by atoms with Crippen molar-refractivity contribution in [2.45, 2.75) is 52.0 Å². The van der Waals surface area contributed by atoms with E-state index in [2.05, 4.69) is 0 Å². The zero-order valence-electron chi connectivity index (χ0n) is 19.8. The zero-order valence-corrected chi connectivity index (χ0v) is 19.8. The molecule has 1 heterocycles. The van der Waals surface area contributed by atoms with Gasteiger partial charge in [-0.25, -0.2) is 0 Å². The lowest BCUT2D eigenvalue weighted by Gasteiger charge is -2.19. The molecule has 1 unspecified atom stereocenters. The summed E-state index contributed by atoms with van der Waals surface area (Å²) in [5.74, 6) is -0.0176. The van der Waals surface area contributed by atoms with Crippen LogP contribution in [0.3, 0.4) is 0 Å². The average molecular weight is 485 g/mol. The van der Waals surface area contributed by atoms with Gasteiger partial charge in [0, 0.05) is 12.0 Å². The summed E-state index contributed by atoms with van der Waals surface area (Å²) >= 11 is 0. The van der Waals surface area contributed by atoms with Crippen LogP contribution < -0.4 is 9.47 Å². The van der Waals surface area contributed by atoms with Gasteiger partial charge in [-0.2, -0.15) is 13.2 Å². The minimum atomic E-state index is -4.42. The molecule has 4 rings (SSSR count). The number of rotatable bonds is 7. The summed E-state index contributed by atoms with van der Waals surface area (Å²) in [6, 6.07) is 16.2. The highest BCUT2D eigenvalue weighted by atomic mass is 19.4. The van der Waals surface area contributed by atoms with Gasteiger partial charge in [0.1, 0.15) is 23.7 Å². The molecule has 0 bridgehead atoms. The number of carboxylic acid groups (broad SMARTS) is 1. The van der Waals surface area contributed by atoms with E-state index in [1.165, 1.54) is 6.07 Å². The van der Waals surface area contributed by atoms with Gasteiger partial charge in [-0.05, 0) is 78.9 Å². The molecule has 1 aliphatic heterocycles. The topological polar surface area (TPSA) is 55.8 Å². The molecular formula is C28H27F3O4. The lowest BCUT2D eigenvalue weighted by atomic mass is 9.94. The van der Waals surface area contributed by atoms with Gasteiger partial charge >= 0.3 is 12.1 Å². The van der Waals surface area contributed by atoms with Crippen molar-refractivity contribution in [1.82, 2.24) is 0 Å². The van der Waals surface area contributed by atoms with E-state index >= 15 is 0 Å². The predicted octanol–water partition coefficient (Wildman–Crippen LogP) is 6.93. The monoisotopic (exact) mass is 484 g/mol. The van der Waals surface area contributed by atoms with Crippen LogP contribution >= 0.6 is 0 Å². The fraction of sp³-hybridized carbons (Fsp3) is 0.321. The van der Waals surface area contributed by atoms with Crippen LogP contribution in [0.4, 0.5) is 13.2 Å². The van der Waals surface area contributed by atoms with E-state index < -0.39 is 29.2 Å². The van der Waals surface area contributed by atoms with Crippen molar-refractivity contribution >= 4 is 5.97 Å². The molecule has 0 aromatic heterocycles. The maximum Gasteiger partial charge on any atom is 0.416 e. The molecule has 7 heteroatoms. The van der Waals surface area contributed by atoms with Gasteiger partial charge in [0.05, 0.1) is 11.5 Å². The number of alkyl halides is 3. The number of benzene rings is 3. The third-order valence-corrected chi connectivity index (χ3v) is 6.04. The van der Waals surface area contributed by atoms with Gasteiger partial charge in [-0.15, -0.1) is 0 Å².